The SMILES string of the molecule is CNC(=O)c1cc(Oc2ccc3nc(-n4cnc(CCCO)c4)sc3c2)ccn1. The fourth-order valence-electron chi connectivity index (χ4n) is 2.79. The van der Waals surface area contributed by atoms with Crippen LogP contribution in [-0.4, -0.2) is 44.2 Å². The van der Waals surface area contributed by atoms with Gasteiger partial charge in [0.1, 0.15) is 23.5 Å². The van der Waals surface area contributed by atoms with Crippen LogP contribution in [0.2, 0.25) is 0 Å². The number of imidazole rings is 1. The van der Waals surface area contributed by atoms with Gasteiger partial charge in [-0.1, -0.05) is 11.3 Å². The summed E-state index contributed by atoms with van der Waals surface area (Å²) in [6.07, 6.45) is 6.63. The predicted octanol–water partition coefficient (Wildman–Crippen LogP) is 2.95. The summed E-state index contributed by atoms with van der Waals surface area (Å²) in [6.45, 7) is 0.152. The molecule has 8 nitrogen and oxygen atoms in total. The number of aryl methyl sites for hydroxylation is 1. The average molecular weight is 409 g/mol. The highest BCUT2D eigenvalue weighted by atomic mass is 32.1. The van der Waals surface area contributed by atoms with Crippen LogP contribution in [0.5, 0.6) is 11.5 Å². The van der Waals surface area contributed by atoms with E-state index < -0.39 is 0 Å². The van der Waals surface area contributed by atoms with E-state index in [0.717, 1.165) is 27.5 Å². The third-order valence-corrected chi connectivity index (χ3v) is 5.25. The molecule has 3 heterocycles. The number of pyridine rings is 1. The van der Waals surface area contributed by atoms with Crippen molar-refractivity contribution in [3.8, 4) is 16.6 Å². The third-order valence-electron chi connectivity index (χ3n) is 4.22. The smallest absolute Gasteiger partial charge is 0.269 e. The van der Waals surface area contributed by atoms with Crippen molar-refractivity contribution in [3.63, 3.8) is 0 Å². The van der Waals surface area contributed by atoms with E-state index in [1.54, 1.807) is 25.5 Å². The molecule has 0 fully saturated rings. The van der Waals surface area contributed by atoms with Gasteiger partial charge >= 0.3 is 0 Å². The van der Waals surface area contributed by atoms with Crippen molar-refractivity contribution in [2.75, 3.05) is 13.7 Å². The topological polar surface area (TPSA) is 102 Å². The number of aromatic nitrogens is 4. The van der Waals surface area contributed by atoms with E-state index in [-0.39, 0.29) is 12.5 Å². The van der Waals surface area contributed by atoms with Crippen molar-refractivity contribution in [2.24, 2.45) is 0 Å². The molecule has 0 atom stereocenters. The minimum Gasteiger partial charge on any atom is -0.457 e. The molecule has 0 unspecified atom stereocenters. The van der Waals surface area contributed by atoms with Crippen molar-refractivity contribution in [1.29, 1.82) is 0 Å². The maximum atomic E-state index is 11.7. The lowest BCUT2D eigenvalue weighted by Gasteiger charge is -2.06. The summed E-state index contributed by atoms with van der Waals surface area (Å²) in [5.74, 6) is 0.915. The Morgan fingerprint density at radius 3 is 2.93 bits per heavy atom. The van der Waals surface area contributed by atoms with E-state index in [4.69, 9.17) is 9.84 Å². The molecule has 0 radical (unpaired) electrons. The maximum Gasteiger partial charge on any atom is 0.269 e. The summed E-state index contributed by atoms with van der Waals surface area (Å²) < 4.78 is 8.76. The van der Waals surface area contributed by atoms with Gasteiger partial charge in [-0.25, -0.2) is 9.97 Å². The minimum atomic E-state index is -0.267. The second-order valence-electron chi connectivity index (χ2n) is 6.28. The van der Waals surface area contributed by atoms with Gasteiger partial charge in [0, 0.05) is 38.2 Å². The standard InChI is InChI=1S/C20H19N5O3S/c1-21-19(27)17-9-15(6-7-22-17)28-14-4-5-16-18(10-14)29-20(24-16)25-11-13(23-12-25)3-2-8-26/h4-7,9-12,26H,2-3,8H2,1H3,(H,21,27). The zero-order valence-corrected chi connectivity index (χ0v) is 16.5. The van der Waals surface area contributed by atoms with Crippen LogP contribution in [0.15, 0.2) is 49.1 Å². The molecule has 0 bridgehead atoms. The van der Waals surface area contributed by atoms with Gasteiger partial charge in [-0.3, -0.25) is 14.3 Å². The molecule has 0 saturated carbocycles. The summed E-state index contributed by atoms with van der Waals surface area (Å²) in [7, 11) is 1.56. The molecule has 0 aliphatic heterocycles. The molecule has 0 spiro atoms. The molecule has 29 heavy (non-hydrogen) atoms. The molecular weight excluding hydrogens is 390 g/mol. The number of aliphatic hydroxyl groups is 1. The number of fused-ring (bicyclic) bond motifs is 1. The molecular formula is C20H19N5O3S. The Bertz CT molecular complexity index is 1150. The van der Waals surface area contributed by atoms with Gasteiger partial charge in [-0.2, -0.15) is 0 Å². The number of rotatable bonds is 7. The van der Waals surface area contributed by atoms with Gasteiger partial charge in [0.05, 0.1) is 15.9 Å². The lowest BCUT2D eigenvalue weighted by atomic mass is 10.3. The van der Waals surface area contributed by atoms with E-state index >= 15 is 0 Å². The summed E-state index contributed by atoms with van der Waals surface area (Å²) in [6, 6.07) is 8.95. The first-order valence-electron chi connectivity index (χ1n) is 9.07. The van der Waals surface area contributed by atoms with Gasteiger partial charge < -0.3 is 15.2 Å². The van der Waals surface area contributed by atoms with Crippen LogP contribution in [0.4, 0.5) is 0 Å². The van der Waals surface area contributed by atoms with Crippen LogP contribution < -0.4 is 10.1 Å². The lowest BCUT2D eigenvalue weighted by Crippen LogP contribution is -2.18. The molecule has 1 amide bonds. The number of benzene rings is 1. The van der Waals surface area contributed by atoms with Gasteiger partial charge in [-0.15, -0.1) is 0 Å². The summed E-state index contributed by atoms with van der Waals surface area (Å²) in [5.41, 5.74) is 2.08. The number of aliphatic hydroxyl groups excluding tert-OH is 1. The first-order chi connectivity index (χ1) is 14.2. The summed E-state index contributed by atoms with van der Waals surface area (Å²) >= 11 is 1.53. The number of carbonyl (C=O) groups excluding carboxylic acids is 1. The molecule has 3 aromatic heterocycles. The van der Waals surface area contributed by atoms with Crippen LogP contribution in [-0.2, 0) is 6.42 Å². The lowest BCUT2D eigenvalue weighted by molar-refractivity contribution is 0.0958. The predicted molar refractivity (Wildman–Crippen MR) is 110 cm³/mol. The van der Waals surface area contributed by atoms with E-state index in [9.17, 15) is 4.79 Å². The molecule has 0 aliphatic rings. The maximum absolute atomic E-state index is 11.7. The fraction of sp³-hybridized carbons (Fsp3) is 0.200. The Balaban J connectivity index is 1.56. The number of thiazole rings is 1. The van der Waals surface area contributed by atoms with Crippen LogP contribution >= 0.6 is 11.3 Å². The fourth-order valence-corrected chi connectivity index (χ4v) is 3.73. The zero-order valence-electron chi connectivity index (χ0n) is 15.7. The van der Waals surface area contributed by atoms with Crippen molar-refractivity contribution >= 4 is 27.5 Å². The molecule has 148 valence electrons. The second-order valence-corrected chi connectivity index (χ2v) is 7.29. The molecule has 0 saturated heterocycles. The number of ether oxygens (including phenoxy) is 1. The van der Waals surface area contributed by atoms with Crippen LogP contribution in [0, 0.1) is 0 Å². The third kappa shape index (κ3) is 4.25. The highest BCUT2D eigenvalue weighted by Crippen LogP contribution is 2.30. The highest BCUT2D eigenvalue weighted by molar-refractivity contribution is 7.20. The van der Waals surface area contributed by atoms with Gasteiger partial charge in [0.2, 0.25) is 0 Å². The van der Waals surface area contributed by atoms with Crippen molar-refractivity contribution in [3.05, 3.63) is 60.4 Å². The first-order valence-corrected chi connectivity index (χ1v) is 9.88. The van der Waals surface area contributed by atoms with E-state index in [0.29, 0.717) is 23.6 Å². The Labute approximate surface area is 170 Å². The molecule has 0 aliphatic carbocycles. The van der Waals surface area contributed by atoms with Gasteiger partial charge in [-0.05, 0) is 31.0 Å². The number of amides is 1. The molecule has 4 rings (SSSR count). The van der Waals surface area contributed by atoms with E-state index in [1.807, 2.05) is 29.0 Å². The Kier molecular flexibility index (Phi) is 5.50. The molecule has 2 N–H and O–H groups in total. The monoisotopic (exact) mass is 409 g/mol. The number of carbonyl (C=O) groups is 1. The number of nitrogens with zero attached hydrogens (tertiary/aromatic N) is 4. The number of hydrogen-bond acceptors (Lipinski definition) is 7. The molecule has 1 aromatic carbocycles. The van der Waals surface area contributed by atoms with Crippen LogP contribution in [0.3, 0.4) is 0 Å². The summed E-state index contributed by atoms with van der Waals surface area (Å²) in [5, 5.41) is 12.3. The van der Waals surface area contributed by atoms with Crippen molar-refractivity contribution < 1.29 is 14.6 Å². The first kappa shape index (κ1) is 19.0. The van der Waals surface area contributed by atoms with Gasteiger partial charge in [0.25, 0.3) is 5.91 Å². The number of hydrogen-bond donors (Lipinski definition) is 2. The quantitative estimate of drug-likeness (QED) is 0.487. The number of nitrogens with one attached hydrogen (secondary N) is 1. The Hall–Kier alpha value is -3.30. The van der Waals surface area contributed by atoms with E-state index in [2.05, 4.69) is 20.3 Å². The molecule has 9 heteroatoms. The van der Waals surface area contributed by atoms with E-state index in [1.165, 1.54) is 17.5 Å². The van der Waals surface area contributed by atoms with Crippen molar-refractivity contribution in [2.45, 2.75) is 12.8 Å². The average Bonchev–Trinajstić information content (AvgIpc) is 3.38. The largest absolute Gasteiger partial charge is 0.457 e. The zero-order chi connectivity index (χ0) is 20.2. The Morgan fingerprint density at radius 2 is 2.10 bits per heavy atom. The highest BCUT2D eigenvalue weighted by Gasteiger charge is 2.10. The summed E-state index contributed by atoms with van der Waals surface area (Å²) in [4.78, 5) is 24.8. The van der Waals surface area contributed by atoms with Crippen LogP contribution in [0.1, 0.15) is 22.6 Å². The second kappa shape index (κ2) is 8.38. The minimum absolute atomic E-state index is 0.152. The normalized spacial score (nSPS) is 11.0. The molecule has 4 aromatic rings. The van der Waals surface area contributed by atoms with Crippen molar-refractivity contribution in [1.82, 2.24) is 24.8 Å². The Morgan fingerprint density at radius 1 is 1.24 bits per heavy atom. The van der Waals surface area contributed by atoms with Gasteiger partial charge in [0.15, 0.2) is 5.13 Å². The van der Waals surface area contributed by atoms with Crippen LogP contribution in [0.25, 0.3) is 15.3 Å².